The summed E-state index contributed by atoms with van der Waals surface area (Å²) >= 11 is 2.92. The molecular formula is C140H90N6SSe3. The molecule has 0 saturated heterocycles. The van der Waals surface area contributed by atoms with Crippen LogP contribution in [-0.2, 0) is 0 Å². The van der Waals surface area contributed by atoms with Gasteiger partial charge in [0.25, 0.3) is 0 Å². The molecule has 7 heterocycles. The molecule has 7 aromatic heterocycles. The molecule has 0 spiro atoms. The fraction of sp³-hybridized carbons (Fsp3) is 0. The number of hydrogen-bond acceptors (Lipinski definition) is 4. The summed E-state index contributed by atoms with van der Waals surface area (Å²) in [4.78, 5) is 7.28. The molecule has 150 heavy (non-hydrogen) atoms. The second kappa shape index (κ2) is 37.4. The van der Waals surface area contributed by atoms with E-state index >= 15 is 0 Å². The molecule has 0 N–H and O–H groups in total. The van der Waals surface area contributed by atoms with Crippen molar-refractivity contribution in [3.63, 3.8) is 0 Å². The van der Waals surface area contributed by atoms with Crippen LogP contribution in [0.5, 0.6) is 0 Å². The first-order valence-electron chi connectivity index (χ1n) is 51.0. The molecule has 704 valence electrons. The summed E-state index contributed by atoms with van der Waals surface area (Å²) in [7, 11) is 0. The quantitative estimate of drug-likeness (QED) is 0.0755. The molecule has 0 bridgehead atoms. The van der Waals surface area contributed by atoms with Crippen molar-refractivity contribution in [1.29, 1.82) is 0 Å². The van der Waals surface area contributed by atoms with Gasteiger partial charge in [-0.3, -0.25) is 0 Å². The van der Waals surface area contributed by atoms with Gasteiger partial charge in [0.05, 0.1) is 16.6 Å². The Hall–Kier alpha value is -17.6. The van der Waals surface area contributed by atoms with E-state index in [9.17, 15) is 0 Å². The summed E-state index contributed by atoms with van der Waals surface area (Å²) in [6, 6.07) is 200. The molecule has 0 saturated carbocycles. The normalized spacial score (nSPS) is 11.7. The minimum absolute atomic E-state index is 0.319. The average molecular weight is 2130 g/mol. The summed E-state index contributed by atoms with van der Waals surface area (Å²) < 4.78 is 18.6. The van der Waals surface area contributed by atoms with E-state index in [2.05, 4.69) is 574 Å². The van der Waals surface area contributed by atoms with Crippen molar-refractivity contribution in [2.75, 3.05) is 14.7 Å². The Balaban J connectivity index is 0.000000106. The molecule has 0 aliphatic heterocycles. The van der Waals surface area contributed by atoms with E-state index in [4.69, 9.17) is 0 Å². The van der Waals surface area contributed by atoms with Crippen LogP contribution in [0.2, 0.25) is 0 Å². The van der Waals surface area contributed by atoms with Gasteiger partial charge in [-0.05, 0) is 54.6 Å². The molecule has 31 rings (SSSR count). The number of aromatic nitrogens is 3. The Bertz CT molecular complexity index is 10700. The number of rotatable bonds is 15. The topological polar surface area (TPSA) is 24.5 Å². The van der Waals surface area contributed by atoms with Gasteiger partial charge < -0.3 is 13.7 Å². The molecular weight excluding hydrogens is 2030 g/mol. The summed E-state index contributed by atoms with van der Waals surface area (Å²) in [6.07, 6.45) is 0. The van der Waals surface area contributed by atoms with E-state index in [0.717, 1.165) is 34.1 Å². The number of benzene rings is 24. The Morgan fingerprint density at radius 1 is 0.153 bits per heavy atom. The molecule has 0 unspecified atom stereocenters. The zero-order valence-corrected chi connectivity index (χ0v) is 87.2. The van der Waals surface area contributed by atoms with E-state index in [0.29, 0.717) is 43.5 Å². The maximum absolute atomic E-state index is 2.46. The van der Waals surface area contributed by atoms with Crippen LogP contribution < -0.4 is 14.7 Å². The van der Waals surface area contributed by atoms with Gasteiger partial charge in [-0.25, -0.2) is 0 Å². The standard InChI is InChI=1S/C50H32N2Se.C48H30N2SSe.C42H28N2Se/c1-2-13-36(14-3-1)52-46-20-10-8-18-42(46)43-28-24-34(30-48(43)52)33-22-25-37(26-23-33)51(38-27-29-50-45(32-38)44-19-9-11-21-49(44)53-50)47-31-35-12-4-5-15-39(35)40-16-6-7-17-41(40)47;1-2-11-33(12-3-1)50-42-17-7-4-13-36(42)37-27-23-32(29-44(37)50)31-21-24-34(25-22-31)49(35-26-28-47-41(30-35)39-15-6-9-20-46(39)52-47)43-18-10-16-40-38-14-5-8-19-45(38)51-48(40)43;1-3-11-31(12-4-1)43(33-22-19-29(20-23-33)30-21-26-42-38(27-30)37-16-8-10-18-41(37)45-42)34-24-25-36-35-15-7-9-17-39(35)44(40(36)28-34)32-13-5-2-6-14-32/h1-32H;1-30H;1-28H. The Kier molecular flexibility index (Phi) is 22.1. The van der Waals surface area contributed by atoms with Crippen LogP contribution in [0.1, 0.15) is 0 Å². The SMILES string of the molecule is c1ccc(-n2c3ccccc3c3ccc(-c4ccc(N(c5ccc6[se]c7ccccc7c6c5)c5cc6ccccc6c6ccccc56)cc4)cc32)cc1.c1ccc(-n2c3ccccc3c3ccc(-c4ccc(N(c5ccc6[se]c7ccccc7c6c5)c5cccc6c5sc5ccccc56)cc4)cc32)cc1.c1ccc(N(c2ccc(-c3ccc4[se]c5ccccc5c4c3)cc2)c2ccc3c4ccccc4n(-c4ccccc4)c3c2)cc1. The molecule has 0 fully saturated rings. The summed E-state index contributed by atoms with van der Waals surface area (Å²) in [6.45, 7) is 0. The molecule has 0 atom stereocenters. The van der Waals surface area contributed by atoms with Crippen LogP contribution in [0.4, 0.5) is 51.2 Å². The zero-order chi connectivity index (χ0) is 98.8. The van der Waals surface area contributed by atoms with E-state index < -0.39 is 0 Å². The minimum atomic E-state index is 0.319. The van der Waals surface area contributed by atoms with Gasteiger partial charge in [-0.2, -0.15) is 0 Å². The monoisotopic (exact) mass is 2130 g/mol. The molecule has 0 amide bonds. The number of anilines is 9. The number of hydrogen-bond donors (Lipinski definition) is 0. The van der Waals surface area contributed by atoms with Gasteiger partial charge in [0, 0.05) is 49.4 Å². The molecule has 0 aliphatic carbocycles. The third kappa shape index (κ3) is 15.5. The van der Waals surface area contributed by atoms with Gasteiger partial charge in [-0.1, -0.05) is 115 Å². The Morgan fingerprint density at radius 3 is 0.947 bits per heavy atom. The second-order valence-electron chi connectivity index (χ2n) is 38.5. The van der Waals surface area contributed by atoms with Crippen LogP contribution >= 0.6 is 11.3 Å². The van der Waals surface area contributed by atoms with Gasteiger partial charge in [0.1, 0.15) is 0 Å². The van der Waals surface area contributed by atoms with Crippen LogP contribution in [0, 0.1) is 0 Å². The predicted molar refractivity (Wildman–Crippen MR) is 646 cm³/mol. The predicted octanol–water partition coefficient (Wildman–Crippen LogP) is 38.5. The first-order valence-corrected chi connectivity index (χ1v) is 56.9. The van der Waals surface area contributed by atoms with Gasteiger partial charge in [0.2, 0.25) is 0 Å². The van der Waals surface area contributed by atoms with Gasteiger partial charge in [-0.15, -0.1) is 0 Å². The summed E-state index contributed by atoms with van der Waals surface area (Å²) in [5, 5.41) is 23.4. The van der Waals surface area contributed by atoms with Crippen molar-refractivity contribution in [3.05, 3.63) is 546 Å². The van der Waals surface area contributed by atoms with Crippen molar-refractivity contribution in [2.24, 2.45) is 0 Å². The van der Waals surface area contributed by atoms with Crippen LogP contribution in [0.15, 0.2) is 546 Å². The van der Waals surface area contributed by atoms with Crippen LogP contribution in [-0.4, -0.2) is 57.2 Å². The first-order chi connectivity index (χ1) is 74.4. The van der Waals surface area contributed by atoms with E-state index in [1.54, 1.807) is 0 Å². The third-order valence-corrected chi connectivity index (χ3v) is 38.4. The van der Waals surface area contributed by atoms with Crippen molar-refractivity contribution < 1.29 is 0 Å². The molecule has 31 aromatic rings. The maximum atomic E-state index is 2.46. The van der Waals surface area contributed by atoms with E-state index in [1.165, 1.54) is 233 Å². The molecule has 24 aromatic carbocycles. The third-order valence-electron chi connectivity index (χ3n) is 29.9. The first kappa shape index (κ1) is 88.8. The molecule has 10 heteroatoms. The Morgan fingerprint density at radius 2 is 0.460 bits per heavy atom. The van der Waals surface area contributed by atoms with Crippen molar-refractivity contribution >= 4 is 271 Å². The zero-order valence-electron chi connectivity index (χ0n) is 81.3. The number of thiophene rings is 1. The average Bonchev–Trinajstić information content (AvgIpc) is 1.44. The van der Waals surface area contributed by atoms with Crippen molar-refractivity contribution in [3.8, 4) is 50.4 Å². The van der Waals surface area contributed by atoms with Crippen molar-refractivity contribution in [2.45, 2.75) is 0 Å². The molecule has 0 aliphatic rings. The summed E-state index contributed by atoms with van der Waals surface area (Å²) in [5.41, 5.74) is 28.4. The van der Waals surface area contributed by atoms with Crippen LogP contribution in [0.3, 0.4) is 0 Å². The fourth-order valence-electron chi connectivity index (χ4n) is 23.0. The van der Waals surface area contributed by atoms with Crippen molar-refractivity contribution in [1.82, 2.24) is 13.7 Å². The van der Waals surface area contributed by atoms with Gasteiger partial charge in [0.15, 0.2) is 0 Å². The second-order valence-corrected chi connectivity index (χ2v) is 46.4. The Labute approximate surface area is 888 Å². The van der Waals surface area contributed by atoms with Crippen LogP contribution in [0.25, 0.3) is 215 Å². The van der Waals surface area contributed by atoms with E-state index in [-0.39, 0.29) is 0 Å². The van der Waals surface area contributed by atoms with E-state index in [1.807, 2.05) is 11.3 Å². The fourth-order valence-corrected chi connectivity index (χ4v) is 31.0. The number of fused-ring (bicyclic) bond motifs is 24. The van der Waals surface area contributed by atoms with Gasteiger partial charge >= 0.3 is 646 Å². The number of nitrogens with zero attached hydrogens (tertiary/aromatic N) is 6. The molecule has 6 nitrogen and oxygen atoms in total. The molecule has 0 radical (unpaired) electrons. The number of para-hydroxylation sites is 7. The summed E-state index contributed by atoms with van der Waals surface area (Å²) in [5.74, 6) is 0.